The van der Waals surface area contributed by atoms with E-state index in [1.807, 2.05) is 20.8 Å². The van der Waals surface area contributed by atoms with Crippen molar-refractivity contribution in [3.63, 3.8) is 0 Å². The van der Waals surface area contributed by atoms with Crippen LogP contribution in [0.5, 0.6) is 5.75 Å². The van der Waals surface area contributed by atoms with E-state index in [1.54, 1.807) is 19.2 Å². The van der Waals surface area contributed by atoms with Crippen molar-refractivity contribution in [2.45, 2.75) is 37.9 Å². The van der Waals surface area contributed by atoms with Crippen LogP contribution in [0.15, 0.2) is 18.2 Å². The third kappa shape index (κ3) is 3.53. The van der Waals surface area contributed by atoms with E-state index in [2.05, 4.69) is 0 Å². The van der Waals surface area contributed by atoms with E-state index in [9.17, 15) is 8.60 Å². The minimum Gasteiger partial charge on any atom is -0.497 e. The Morgan fingerprint density at radius 2 is 2.11 bits per heavy atom. The lowest BCUT2D eigenvalue weighted by Crippen LogP contribution is -2.33. The summed E-state index contributed by atoms with van der Waals surface area (Å²) < 4.78 is 29.7. The van der Waals surface area contributed by atoms with Gasteiger partial charge < -0.3 is 4.74 Å². The highest BCUT2D eigenvalue weighted by Gasteiger charge is 2.27. The van der Waals surface area contributed by atoms with Crippen LogP contribution < -0.4 is 9.88 Å². The van der Waals surface area contributed by atoms with E-state index in [1.165, 1.54) is 6.07 Å². The summed E-state index contributed by atoms with van der Waals surface area (Å²) in [7, 11) is 0.105. The minimum atomic E-state index is -1.44. The quantitative estimate of drug-likeness (QED) is 0.896. The van der Waals surface area contributed by atoms with Gasteiger partial charge in [0, 0.05) is 0 Å². The Balaban J connectivity index is 2.97. The fourth-order valence-electron chi connectivity index (χ4n) is 1.96. The average molecular weight is 273 g/mol. The van der Waals surface area contributed by atoms with Crippen LogP contribution in [-0.4, -0.2) is 16.1 Å². The Bertz CT molecular complexity index is 449. The van der Waals surface area contributed by atoms with Crippen molar-refractivity contribution in [2.24, 2.45) is 5.14 Å². The number of hydrogen-bond acceptors (Lipinski definition) is 2. The standard InChI is InChI=1S/C13H20FNO2S/c1-9(8-13(2,3)18(15)16)11-7-10(17-4)5-6-12(11)14/h5-7,9H,8,15H2,1-4H3/t9-,18?/m0/s1. The number of hydrogen-bond donors (Lipinski definition) is 1. The molecule has 1 unspecified atom stereocenters. The van der Waals surface area contributed by atoms with Gasteiger partial charge >= 0.3 is 0 Å². The molecule has 0 heterocycles. The molecule has 0 saturated carbocycles. The maximum absolute atomic E-state index is 13.8. The summed E-state index contributed by atoms with van der Waals surface area (Å²) >= 11 is 0. The molecular weight excluding hydrogens is 253 g/mol. The van der Waals surface area contributed by atoms with Gasteiger partial charge in [0.1, 0.15) is 11.6 Å². The molecule has 1 aromatic rings. The number of halogens is 1. The van der Waals surface area contributed by atoms with E-state index < -0.39 is 15.7 Å². The van der Waals surface area contributed by atoms with Crippen molar-refractivity contribution in [2.75, 3.05) is 7.11 Å². The molecule has 0 aliphatic rings. The summed E-state index contributed by atoms with van der Waals surface area (Å²) in [6.07, 6.45) is 0.542. The molecule has 3 nitrogen and oxygen atoms in total. The maximum Gasteiger partial charge on any atom is 0.126 e. The fourth-order valence-corrected chi connectivity index (χ4v) is 2.37. The first kappa shape index (κ1) is 15.1. The Labute approximate surface area is 110 Å². The molecule has 0 aliphatic heterocycles. The second kappa shape index (κ2) is 5.80. The normalized spacial score (nSPS) is 15.2. The van der Waals surface area contributed by atoms with E-state index >= 15 is 0 Å². The molecule has 0 amide bonds. The van der Waals surface area contributed by atoms with Gasteiger partial charge in [-0.3, -0.25) is 5.14 Å². The number of ether oxygens (including phenoxy) is 1. The monoisotopic (exact) mass is 273 g/mol. The summed E-state index contributed by atoms with van der Waals surface area (Å²) in [4.78, 5) is 0. The summed E-state index contributed by atoms with van der Waals surface area (Å²) in [6.45, 7) is 5.53. The lowest BCUT2D eigenvalue weighted by atomic mass is 9.91. The molecule has 5 heteroatoms. The maximum atomic E-state index is 13.8. The summed E-state index contributed by atoms with van der Waals surface area (Å²) in [5.74, 6) is 0.259. The van der Waals surface area contributed by atoms with Crippen LogP contribution in [0.1, 0.15) is 38.7 Å². The second-order valence-electron chi connectivity index (χ2n) is 5.05. The highest BCUT2D eigenvalue weighted by Crippen LogP contribution is 2.31. The van der Waals surface area contributed by atoms with Crippen LogP contribution in [0, 0.1) is 5.82 Å². The molecule has 0 bridgehead atoms. The molecular formula is C13H20FNO2S. The van der Waals surface area contributed by atoms with Crippen LogP contribution in [0.25, 0.3) is 0 Å². The molecule has 0 saturated heterocycles. The predicted molar refractivity (Wildman–Crippen MR) is 72.4 cm³/mol. The molecule has 1 rings (SSSR count). The summed E-state index contributed by atoms with van der Waals surface area (Å²) in [5, 5.41) is 5.44. The van der Waals surface area contributed by atoms with Crippen molar-refractivity contribution in [3.05, 3.63) is 29.6 Å². The van der Waals surface area contributed by atoms with Crippen molar-refractivity contribution in [1.82, 2.24) is 0 Å². The van der Waals surface area contributed by atoms with Gasteiger partial charge in [-0.2, -0.15) is 0 Å². The zero-order valence-electron chi connectivity index (χ0n) is 11.2. The second-order valence-corrected chi connectivity index (χ2v) is 6.75. The van der Waals surface area contributed by atoms with Crippen molar-refractivity contribution < 1.29 is 13.3 Å². The predicted octanol–water partition coefficient (Wildman–Crippen LogP) is 2.73. The van der Waals surface area contributed by atoms with Crippen LogP contribution in [-0.2, 0) is 11.0 Å². The third-order valence-corrected chi connectivity index (χ3v) is 4.33. The Morgan fingerprint density at radius 1 is 1.50 bits per heavy atom. The molecule has 0 aromatic heterocycles. The minimum absolute atomic E-state index is 0.0809. The van der Waals surface area contributed by atoms with Crippen LogP contribution >= 0.6 is 0 Å². The zero-order valence-corrected chi connectivity index (χ0v) is 12.0. The van der Waals surface area contributed by atoms with Gasteiger partial charge in [-0.25, -0.2) is 8.60 Å². The fraction of sp³-hybridized carbons (Fsp3) is 0.538. The van der Waals surface area contributed by atoms with E-state index in [4.69, 9.17) is 9.88 Å². The first-order valence-electron chi connectivity index (χ1n) is 5.77. The number of methoxy groups -OCH3 is 1. The van der Waals surface area contributed by atoms with Crippen LogP contribution in [0.2, 0.25) is 0 Å². The van der Waals surface area contributed by atoms with Crippen molar-refractivity contribution in [3.8, 4) is 5.75 Å². The smallest absolute Gasteiger partial charge is 0.126 e. The molecule has 0 fully saturated rings. The largest absolute Gasteiger partial charge is 0.497 e. The van der Waals surface area contributed by atoms with Gasteiger partial charge in [-0.05, 0) is 49.9 Å². The van der Waals surface area contributed by atoms with E-state index in [0.717, 1.165) is 0 Å². The van der Waals surface area contributed by atoms with Crippen LogP contribution in [0.3, 0.4) is 0 Å². The molecule has 102 valence electrons. The highest BCUT2D eigenvalue weighted by atomic mass is 32.2. The van der Waals surface area contributed by atoms with Gasteiger partial charge in [-0.1, -0.05) is 6.92 Å². The lowest BCUT2D eigenvalue weighted by molar-refractivity contribution is 0.411. The van der Waals surface area contributed by atoms with Crippen molar-refractivity contribution >= 4 is 11.0 Å². The molecule has 18 heavy (non-hydrogen) atoms. The first-order chi connectivity index (χ1) is 8.27. The van der Waals surface area contributed by atoms with Gasteiger partial charge in [0.2, 0.25) is 0 Å². The molecule has 0 aliphatic carbocycles. The SMILES string of the molecule is COc1ccc(F)c([C@@H](C)CC(C)(C)S(N)=O)c1. The van der Waals surface area contributed by atoms with Gasteiger partial charge in [-0.15, -0.1) is 0 Å². The topological polar surface area (TPSA) is 52.3 Å². The average Bonchev–Trinajstić information content (AvgIpc) is 2.28. The third-order valence-electron chi connectivity index (χ3n) is 3.08. The lowest BCUT2D eigenvalue weighted by Gasteiger charge is -2.25. The molecule has 1 aromatic carbocycles. The summed E-state index contributed by atoms with van der Waals surface area (Å²) in [6, 6.07) is 4.64. The summed E-state index contributed by atoms with van der Waals surface area (Å²) in [5.41, 5.74) is 0.563. The Morgan fingerprint density at radius 3 is 2.61 bits per heavy atom. The number of rotatable bonds is 5. The molecule has 2 N–H and O–H groups in total. The first-order valence-corrected chi connectivity index (χ1v) is 6.99. The zero-order chi connectivity index (χ0) is 13.9. The van der Waals surface area contributed by atoms with E-state index in [0.29, 0.717) is 17.7 Å². The number of benzene rings is 1. The van der Waals surface area contributed by atoms with Crippen molar-refractivity contribution in [1.29, 1.82) is 0 Å². The van der Waals surface area contributed by atoms with Gasteiger partial charge in [0.15, 0.2) is 0 Å². The Kier molecular flexibility index (Phi) is 4.87. The number of nitrogens with two attached hydrogens (primary N) is 1. The van der Waals surface area contributed by atoms with Gasteiger partial charge in [0.05, 0.1) is 22.8 Å². The Hall–Kier alpha value is -0.940. The van der Waals surface area contributed by atoms with Gasteiger partial charge in [0.25, 0.3) is 0 Å². The molecule has 2 atom stereocenters. The molecule has 0 radical (unpaired) electrons. The molecule has 0 spiro atoms. The van der Waals surface area contributed by atoms with Crippen LogP contribution in [0.4, 0.5) is 4.39 Å². The van der Waals surface area contributed by atoms with E-state index in [-0.39, 0.29) is 11.7 Å². The highest BCUT2D eigenvalue weighted by molar-refractivity contribution is 7.84.